The van der Waals surface area contributed by atoms with Crippen LogP contribution in [-0.2, 0) is 4.79 Å². The van der Waals surface area contributed by atoms with E-state index in [1.54, 1.807) is 23.2 Å². The van der Waals surface area contributed by atoms with E-state index in [-0.39, 0.29) is 18.4 Å². The fourth-order valence-corrected chi connectivity index (χ4v) is 1.84. The van der Waals surface area contributed by atoms with Gasteiger partial charge in [0, 0.05) is 36.5 Å². The van der Waals surface area contributed by atoms with Crippen molar-refractivity contribution in [3.63, 3.8) is 0 Å². The highest BCUT2D eigenvalue weighted by atomic mass is 16.4. The van der Waals surface area contributed by atoms with Crippen LogP contribution in [0.25, 0.3) is 0 Å². The van der Waals surface area contributed by atoms with Crippen LogP contribution in [0.3, 0.4) is 0 Å². The van der Waals surface area contributed by atoms with E-state index in [9.17, 15) is 9.59 Å². The van der Waals surface area contributed by atoms with E-state index in [1.165, 1.54) is 0 Å². The zero-order valence-corrected chi connectivity index (χ0v) is 11.6. The van der Waals surface area contributed by atoms with Crippen LogP contribution in [0.2, 0.25) is 0 Å². The molecule has 0 atom stereocenters. The molecule has 1 aromatic heterocycles. The number of amides is 1. The van der Waals surface area contributed by atoms with Gasteiger partial charge in [0.05, 0.1) is 0 Å². The number of aromatic nitrogens is 1. The summed E-state index contributed by atoms with van der Waals surface area (Å²) >= 11 is 0. The van der Waals surface area contributed by atoms with Crippen molar-refractivity contribution in [1.29, 1.82) is 0 Å². The van der Waals surface area contributed by atoms with Gasteiger partial charge in [-0.3, -0.25) is 14.6 Å². The lowest BCUT2D eigenvalue weighted by molar-refractivity contribution is -0.137. The third-order valence-corrected chi connectivity index (χ3v) is 2.82. The molecule has 0 aliphatic rings. The Hall–Kier alpha value is -1.91. The number of pyridine rings is 1. The van der Waals surface area contributed by atoms with Gasteiger partial charge in [-0.05, 0) is 39.3 Å². The van der Waals surface area contributed by atoms with Crippen molar-refractivity contribution >= 4 is 11.9 Å². The number of hydrogen-bond donors (Lipinski definition) is 1. The largest absolute Gasteiger partial charge is 0.481 e. The van der Waals surface area contributed by atoms with Gasteiger partial charge in [0.25, 0.3) is 5.91 Å². The number of hydrogen-bond acceptors (Lipinski definition) is 3. The van der Waals surface area contributed by atoms with Crippen LogP contribution >= 0.6 is 0 Å². The van der Waals surface area contributed by atoms with Crippen LogP contribution in [0.1, 0.15) is 42.7 Å². The van der Waals surface area contributed by atoms with Gasteiger partial charge in [0.15, 0.2) is 0 Å². The lowest BCUT2D eigenvalue weighted by Crippen LogP contribution is -2.38. The van der Waals surface area contributed by atoms with E-state index in [1.807, 2.05) is 20.8 Å². The highest BCUT2D eigenvalue weighted by Crippen LogP contribution is 2.10. The minimum absolute atomic E-state index is 0.0368. The molecule has 0 saturated carbocycles. The van der Waals surface area contributed by atoms with Gasteiger partial charge in [-0.2, -0.15) is 0 Å². The van der Waals surface area contributed by atoms with Gasteiger partial charge in [-0.1, -0.05) is 0 Å². The first-order valence-corrected chi connectivity index (χ1v) is 6.37. The summed E-state index contributed by atoms with van der Waals surface area (Å²) in [5.41, 5.74) is 1.39. The molecular formula is C14H20N2O3. The monoisotopic (exact) mass is 264 g/mol. The summed E-state index contributed by atoms with van der Waals surface area (Å²) in [5.74, 6) is -0.915. The number of carbonyl (C=O) groups is 2. The molecule has 0 aliphatic carbocycles. The smallest absolute Gasteiger partial charge is 0.303 e. The van der Waals surface area contributed by atoms with Crippen molar-refractivity contribution in [1.82, 2.24) is 9.88 Å². The van der Waals surface area contributed by atoms with Gasteiger partial charge in [0.2, 0.25) is 0 Å². The van der Waals surface area contributed by atoms with Crippen LogP contribution in [-0.4, -0.2) is 39.5 Å². The topological polar surface area (TPSA) is 70.5 Å². The number of aryl methyl sites for hydroxylation is 1. The number of carboxylic acids is 1. The van der Waals surface area contributed by atoms with E-state index in [0.717, 1.165) is 5.69 Å². The maximum absolute atomic E-state index is 12.4. The van der Waals surface area contributed by atoms with Crippen LogP contribution in [0.15, 0.2) is 18.3 Å². The molecule has 5 nitrogen and oxygen atoms in total. The first-order valence-electron chi connectivity index (χ1n) is 6.37. The molecule has 19 heavy (non-hydrogen) atoms. The maximum Gasteiger partial charge on any atom is 0.303 e. The third-order valence-electron chi connectivity index (χ3n) is 2.82. The fourth-order valence-electron chi connectivity index (χ4n) is 1.84. The fraction of sp³-hybridized carbons (Fsp3) is 0.500. The molecule has 1 N–H and O–H groups in total. The Morgan fingerprint density at radius 2 is 2.11 bits per heavy atom. The molecule has 104 valence electrons. The average Bonchev–Trinajstić information content (AvgIpc) is 2.33. The number of nitrogens with zero attached hydrogens (tertiary/aromatic N) is 2. The van der Waals surface area contributed by atoms with Gasteiger partial charge in [0.1, 0.15) is 0 Å². The summed E-state index contributed by atoms with van der Waals surface area (Å²) in [6.45, 7) is 6.13. The Bertz CT molecular complexity index is 458. The van der Waals surface area contributed by atoms with Crippen molar-refractivity contribution < 1.29 is 14.7 Å². The molecule has 0 aromatic carbocycles. The summed E-state index contributed by atoms with van der Waals surface area (Å²) in [6.07, 6.45) is 2.15. The second-order valence-corrected chi connectivity index (χ2v) is 4.78. The van der Waals surface area contributed by atoms with Crippen LogP contribution in [0.5, 0.6) is 0 Å². The number of rotatable bonds is 6. The summed E-state index contributed by atoms with van der Waals surface area (Å²) in [4.78, 5) is 28.6. The summed E-state index contributed by atoms with van der Waals surface area (Å²) in [5, 5.41) is 8.65. The minimum Gasteiger partial charge on any atom is -0.481 e. The molecule has 0 spiro atoms. The number of carbonyl (C=O) groups excluding carboxylic acids is 1. The van der Waals surface area contributed by atoms with E-state index in [2.05, 4.69) is 4.98 Å². The first kappa shape index (κ1) is 15.1. The normalized spacial score (nSPS) is 10.5. The highest BCUT2D eigenvalue weighted by Gasteiger charge is 2.18. The average molecular weight is 264 g/mol. The lowest BCUT2D eigenvalue weighted by Gasteiger charge is -2.26. The van der Waals surface area contributed by atoms with Crippen LogP contribution < -0.4 is 0 Å². The Balaban J connectivity index is 2.75. The van der Waals surface area contributed by atoms with Crippen molar-refractivity contribution in [2.24, 2.45) is 0 Å². The predicted octanol–water partition coefficient (Wildman–Crippen LogP) is 2.11. The molecule has 0 radical (unpaired) electrons. The van der Waals surface area contributed by atoms with Crippen molar-refractivity contribution in [3.8, 4) is 0 Å². The standard InChI is InChI=1S/C14H20N2O3/c1-10(2)16(8-4-5-13(17)18)14(19)12-6-7-15-11(3)9-12/h6-7,9-10H,4-5,8H2,1-3H3,(H,17,18). The SMILES string of the molecule is Cc1cc(C(=O)N(CCCC(=O)O)C(C)C)ccn1. The molecule has 0 fully saturated rings. The third kappa shape index (κ3) is 4.69. The number of carboxylic acid groups (broad SMARTS) is 1. The maximum atomic E-state index is 12.4. The van der Waals surface area contributed by atoms with Crippen molar-refractivity contribution in [2.75, 3.05) is 6.54 Å². The minimum atomic E-state index is -0.837. The van der Waals surface area contributed by atoms with Crippen LogP contribution in [0, 0.1) is 6.92 Å². The zero-order chi connectivity index (χ0) is 14.4. The van der Waals surface area contributed by atoms with E-state index in [0.29, 0.717) is 18.5 Å². The molecule has 0 saturated heterocycles. The van der Waals surface area contributed by atoms with E-state index in [4.69, 9.17) is 5.11 Å². The molecule has 0 aliphatic heterocycles. The molecule has 1 aromatic rings. The van der Waals surface area contributed by atoms with E-state index < -0.39 is 5.97 Å². The van der Waals surface area contributed by atoms with Gasteiger partial charge in [-0.25, -0.2) is 0 Å². The van der Waals surface area contributed by atoms with Crippen molar-refractivity contribution in [3.05, 3.63) is 29.6 Å². The quantitative estimate of drug-likeness (QED) is 0.854. The lowest BCUT2D eigenvalue weighted by atomic mass is 10.1. The van der Waals surface area contributed by atoms with Crippen LogP contribution in [0.4, 0.5) is 0 Å². The molecular weight excluding hydrogens is 244 g/mol. The number of aliphatic carboxylic acids is 1. The summed E-state index contributed by atoms with van der Waals surface area (Å²) < 4.78 is 0. The predicted molar refractivity (Wildman–Crippen MR) is 72.0 cm³/mol. The molecule has 1 rings (SSSR count). The molecule has 5 heteroatoms. The Labute approximate surface area is 113 Å². The second kappa shape index (κ2) is 6.87. The van der Waals surface area contributed by atoms with Gasteiger partial charge >= 0.3 is 5.97 Å². The zero-order valence-electron chi connectivity index (χ0n) is 11.6. The van der Waals surface area contributed by atoms with Gasteiger partial charge in [-0.15, -0.1) is 0 Å². The second-order valence-electron chi connectivity index (χ2n) is 4.78. The van der Waals surface area contributed by atoms with Crippen molar-refractivity contribution in [2.45, 2.75) is 39.7 Å². The Morgan fingerprint density at radius 3 is 2.63 bits per heavy atom. The first-order chi connectivity index (χ1) is 8.91. The molecule has 0 bridgehead atoms. The summed E-state index contributed by atoms with van der Waals surface area (Å²) in [6, 6.07) is 3.46. The Morgan fingerprint density at radius 1 is 1.42 bits per heavy atom. The highest BCUT2D eigenvalue weighted by molar-refractivity contribution is 5.94. The van der Waals surface area contributed by atoms with Gasteiger partial charge < -0.3 is 10.0 Å². The molecule has 0 unspecified atom stereocenters. The molecule has 1 amide bonds. The van der Waals surface area contributed by atoms with E-state index >= 15 is 0 Å². The Kier molecular flexibility index (Phi) is 5.48. The summed E-state index contributed by atoms with van der Waals surface area (Å²) in [7, 11) is 0. The molecule has 1 heterocycles.